The van der Waals surface area contributed by atoms with Crippen molar-refractivity contribution in [1.82, 2.24) is 0 Å². The molecule has 3 rings (SSSR count). The Balaban J connectivity index is 2.41. The zero-order chi connectivity index (χ0) is 17.2. The summed E-state index contributed by atoms with van der Waals surface area (Å²) in [5, 5.41) is 0. The molecule has 0 heterocycles. The van der Waals surface area contributed by atoms with Gasteiger partial charge in [0.05, 0.1) is 0 Å². The van der Waals surface area contributed by atoms with E-state index in [9.17, 15) is 7.61 Å². The van der Waals surface area contributed by atoms with Gasteiger partial charge in [0.15, 0.2) is 0 Å². The van der Waals surface area contributed by atoms with E-state index in [1.54, 1.807) is 66.7 Å². The van der Waals surface area contributed by atoms with Gasteiger partial charge in [-0.2, -0.15) is 0 Å². The Morgan fingerprint density at radius 1 is 0.625 bits per heavy atom. The second-order valence-corrected chi connectivity index (χ2v) is 12.7. The van der Waals surface area contributed by atoms with Crippen LogP contribution in [0.2, 0.25) is 0 Å². The fourth-order valence-electron chi connectivity index (χ4n) is 2.57. The SMILES string of the molecule is [O]=[Cr](=[O])([O][SiH3])([O]c1ccccc1)([c]1ccccc1)[c]1ccccc1. The van der Waals surface area contributed by atoms with Crippen molar-refractivity contribution in [3.63, 3.8) is 0 Å². The minimum absolute atomic E-state index is 0.00931. The van der Waals surface area contributed by atoms with E-state index in [4.69, 9.17) is 7.27 Å². The molecule has 0 aliphatic carbocycles. The van der Waals surface area contributed by atoms with Crippen LogP contribution in [0.1, 0.15) is 0 Å². The molecule has 0 radical (unpaired) electrons. The number of hydrogen-bond donors (Lipinski definition) is 0. The van der Waals surface area contributed by atoms with Gasteiger partial charge in [-0.3, -0.25) is 0 Å². The molecule has 124 valence electrons. The van der Waals surface area contributed by atoms with Gasteiger partial charge in [-0.1, -0.05) is 0 Å². The van der Waals surface area contributed by atoms with E-state index in [0.717, 1.165) is 0 Å². The van der Waals surface area contributed by atoms with Crippen molar-refractivity contribution in [3.8, 4) is 5.75 Å². The standard InChI is InChI=1S/C6H6O.2C6H5.Cr.H3OSi.2O/c7-6-4-2-1-3-5-6;2*1-2-4-6-5-3-1;;1-2;;/h1-5,7H;2*1-5H;;2H3;;/q;;;+2;-1;;/p-1. The summed E-state index contributed by atoms with van der Waals surface area (Å²) in [6, 6.07) is 24.6. The van der Waals surface area contributed by atoms with Crippen LogP contribution in [0, 0.1) is 0 Å². The molecule has 3 aromatic carbocycles. The Hall–Kier alpha value is -2.23. The van der Waals surface area contributed by atoms with Crippen LogP contribution in [-0.2, 0) is 22.6 Å². The van der Waals surface area contributed by atoms with Gasteiger partial charge in [0, 0.05) is 0 Å². The van der Waals surface area contributed by atoms with Crippen molar-refractivity contribution in [2.45, 2.75) is 0 Å². The Labute approximate surface area is 142 Å². The summed E-state index contributed by atoms with van der Waals surface area (Å²) >= 11 is -6.89. The summed E-state index contributed by atoms with van der Waals surface area (Å²) < 4.78 is 40.0. The van der Waals surface area contributed by atoms with Crippen LogP contribution in [0.15, 0.2) is 91.0 Å². The quantitative estimate of drug-likeness (QED) is 0.635. The fourth-order valence-corrected chi connectivity index (χ4v) is 9.02. The first-order chi connectivity index (χ1) is 11.4. The van der Waals surface area contributed by atoms with Crippen LogP contribution < -0.4 is 12.6 Å². The summed E-state index contributed by atoms with van der Waals surface area (Å²) in [7, 11) is -0.0503. The van der Waals surface area contributed by atoms with Crippen LogP contribution in [0.25, 0.3) is 0 Å². The van der Waals surface area contributed by atoms with Gasteiger partial charge >= 0.3 is 142 Å². The third kappa shape index (κ3) is 2.41. The molecule has 0 aliphatic rings. The van der Waals surface area contributed by atoms with Gasteiger partial charge in [-0.15, -0.1) is 0 Å². The van der Waals surface area contributed by atoms with Crippen LogP contribution in [-0.4, -0.2) is 10.5 Å². The first-order valence-corrected chi connectivity index (χ1v) is 11.6. The molecule has 0 fully saturated rings. The van der Waals surface area contributed by atoms with E-state index >= 15 is 0 Å². The average Bonchev–Trinajstić information content (AvgIpc) is 2.65. The monoisotopic (exact) mass is 378 g/mol. The molecule has 0 bridgehead atoms. The average molecular weight is 378 g/mol. The predicted molar refractivity (Wildman–Crippen MR) is 91.6 cm³/mol. The number of benzene rings is 3. The maximum atomic E-state index is 14.4. The van der Waals surface area contributed by atoms with Crippen LogP contribution in [0.3, 0.4) is 0 Å². The molecule has 24 heavy (non-hydrogen) atoms. The Morgan fingerprint density at radius 2 is 1.00 bits per heavy atom. The van der Waals surface area contributed by atoms with E-state index in [2.05, 4.69) is 0 Å². The van der Waals surface area contributed by atoms with Gasteiger partial charge in [0.1, 0.15) is 0 Å². The van der Waals surface area contributed by atoms with E-state index in [-0.39, 0.29) is 25.1 Å². The molecule has 4 nitrogen and oxygen atoms in total. The topological polar surface area (TPSA) is 52.6 Å². The van der Waals surface area contributed by atoms with Crippen LogP contribution in [0.4, 0.5) is 0 Å². The molecular formula is C18H18CrO4Si. The summed E-state index contributed by atoms with van der Waals surface area (Å²) in [5.41, 5.74) is 0. The molecule has 6 heteroatoms. The zero-order valence-electron chi connectivity index (χ0n) is 13.2. The van der Waals surface area contributed by atoms with E-state index in [0.29, 0.717) is 0 Å². The number of hydrogen-bond acceptors (Lipinski definition) is 4. The maximum absolute atomic E-state index is 14.4. The first kappa shape index (κ1) is 16.6. The molecule has 0 N–H and O–H groups in total. The normalized spacial score (nSPS) is 14.5. The fraction of sp³-hybridized carbons (Fsp3) is 0. The van der Waals surface area contributed by atoms with Crippen molar-refractivity contribution >= 4 is 19.3 Å². The predicted octanol–water partition coefficient (Wildman–Crippen LogP) is 1.76. The second kappa shape index (κ2) is 5.40. The molecule has 0 aliphatic heterocycles. The molecule has 0 unspecified atom stereocenters. The summed E-state index contributed by atoms with van der Waals surface area (Å²) in [6.45, 7) is 0. The molecule has 0 saturated carbocycles. The summed E-state index contributed by atoms with van der Waals surface area (Å²) in [4.78, 5) is 0. The minimum atomic E-state index is -6.89. The van der Waals surface area contributed by atoms with Crippen molar-refractivity contribution in [2.75, 3.05) is 0 Å². The van der Waals surface area contributed by atoms with Gasteiger partial charge in [-0.25, -0.2) is 0 Å². The Bertz CT molecular complexity index is 959. The van der Waals surface area contributed by atoms with Gasteiger partial charge in [0.2, 0.25) is 0 Å². The van der Waals surface area contributed by atoms with E-state index in [1.165, 1.54) is 24.3 Å². The van der Waals surface area contributed by atoms with Crippen molar-refractivity contribution in [3.05, 3.63) is 91.0 Å². The Morgan fingerprint density at radius 3 is 1.38 bits per heavy atom. The molecule has 0 atom stereocenters. The number of para-hydroxylation sites is 1. The molecule has 0 amide bonds. The Kier molecular flexibility index (Phi) is 3.74. The second-order valence-electron chi connectivity index (χ2n) is 5.37. The molecule has 0 aromatic heterocycles. The van der Waals surface area contributed by atoms with Crippen molar-refractivity contribution in [1.29, 1.82) is 0 Å². The van der Waals surface area contributed by atoms with E-state index in [1.807, 2.05) is 0 Å². The summed E-state index contributed by atoms with van der Waals surface area (Å²) in [6.07, 6.45) is 0. The van der Waals surface area contributed by atoms with Crippen molar-refractivity contribution in [2.24, 2.45) is 0 Å². The van der Waals surface area contributed by atoms with Gasteiger partial charge in [-0.05, 0) is 0 Å². The first-order valence-electron chi connectivity index (χ1n) is 7.42. The molecule has 0 saturated heterocycles. The van der Waals surface area contributed by atoms with Crippen molar-refractivity contribution < 1.29 is 26.3 Å². The zero-order valence-corrected chi connectivity index (χ0v) is 16.5. The summed E-state index contributed by atoms with van der Waals surface area (Å²) in [5.74, 6) is 0.209. The van der Waals surface area contributed by atoms with Crippen LogP contribution >= 0.6 is 0 Å². The molecule has 0 spiro atoms. The molecular weight excluding hydrogens is 360 g/mol. The van der Waals surface area contributed by atoms with Crippen LogP contribution in [0.5, 0.6) is 5.75 Å². The van der Waals surface area contributed by atoms with E-state index < -0.39 is 11.5 Å². The third-order valence-electron chi connectivity index (χ3n) is 3.89. The molecule has 3 aromatic rings. The van der Waals surface area contributed by atoms with Gasteiger partial charge in [0.25, 0.3) is 0 Å². The third-order valence-corrected chi connectivity index (χ3v) is 13.0. The van der Waals surface area contributed by atoms with Gasteiger partial charge < -0.3 is 0 Å². The number of rotatable bonds is 5.